The standard InChI is InChI=1S/C12H17NO5/c1-4-10(14)8-6-9(13(15)16)12(17-3)11(7-8)18-5-2/h6-7,10,14H,4-5H2,1-3H3. The molecular weight excluding hydrogens is 238 g/mol. The number of hydrogen-bond donors (Lipinski definition) is 1. The quantitative estimate of drug-likeness (QED) is 0.623. The highest BCUT2D eigenvalue weighted by molar-refractivity contribution is 5.58. The molecule has 6 nitrogen and oxygen atoms in total. The Morgan fingerprint density at radius 2 is 2.11 bits per heavy atom. The van der Waals surface area contributed by atoms with Crippen LogP contribution in [-0.2, 0) is 0 Å². The van der Waals surface area contributed by atoms with E-state index < -0.39 is 11.0 Å². The van der Waals surface area contributed by atoms with Gasteiger partial charge < -0.3 is 14.6 Å². The average molecular weight is 255 g/mol. The highest BCUT2D eigenvalue weighted by Gasteiger charge is 2.23. The van der Waals surface area contributed by atoms with Crippen LogP contribution in [0.5, 0.6) is 11.5 Å². The highest BCUT2D eigenvalue weighted by Crippen LogP contribution is 2.40. The van der Waals surface area contributed by atoms with Crippen molar-refractivity contribution in [1.29, 1.82) is 0 Å². The first-order chi connectivity index (χ1) is 8.54. The van der Waals surface area contributed by atoms with Crippen LogP contribution in [0.1, 0.15) is 31.9 Å². The molecule has 1 rings (SSSR count). The maximum atomic E-state index is 11.0. The van der Waals surface area contributed by atoms with Gasteiger partial charge in [0.2, 0.25) is 5.75 Å². The van der Waals surface area contributed by atoms with Crippen LogP contribution < -0.4 is 9.47 Å². The van der Waals surface area contributed by atoms with Gasteiger partial charge in [0, 0.05) is 6.07 Å². The molecule has 1 N–H and O–H groups in total. The Hall–Kier alpha value is -1.82. The number of nitro benzene ring substituents is 1. The molecule has 0 aliphatic rings. The van der Waals surface area contributed by atoms with Gasteiger partial charge in [0.05, 0.1) is 24.7 Å². The third-order valence-electron chi connectivity index (χ3n) is 2.53. The lowest BCUT2D eigenvalue weighted by Crippen LogP contribution is -2.03. The van der Waals surface area contributed by atoms with Gasteiger partial charge in [-0.2, -0.15) is 0 Å². The van der Waals surface area contributed by atoms with E-state index in [1.807, 2.05) is 0 Å². The van der Waals surface area contributed by atoms with Crippen molar-refractivity contribution in [2.75, 3.05) is 13.7 Å². The van der Waals surface area contributed by atoms with Gasteiger partial charge in [-0.1, -0.05) is 6.92 Å². The van der Waals surface area contributed by atoms with Gasteiger partial charge in [0.15, 0.2) is 5.75 Å². The Kier molecular flexibility index (Phi) is 4.91. The summed E-state index contributed by atoms with van der Waals surface area (Å²) in [6.45, 7) is 3.93. The van der Waals surface area contributed by atoms with E-state index in [0.29, 0.717) is 18.6 Å². The third kappa shape index (κ3) is 2.89. The number of hydrogen-bond acceptors (Lipinski definition) is 5. The lowest BCUT2D eigenvalue weighted by atomic mass is 10.1. The van der Waals surface area contributed by atoms with E-state index in [9.17, 15) is 15.2 Å². The fraction of sp³-hybridized carbons (Fsp3) is 0.500. The van der Waals surface area contributed by atoms with E-state index in [2.05, 4.69) is 0 Å². The van der Waals surface area contributed by atoms with Gasteiger partial charge in [0.1, 0.15) is 0 Å². The zero-order valence-corrected chi connectivity index (χ0v) is 10.7. The van der Waals surface area contributed by atoms with Gasteiger partial charge in [-0.25, -0.2) is 0 Å². The topological polar surface area (TPSA) is 81.8 Å². The Morgan fingerprint density at radius 1 is 1.44 bits per heavy atom. The summed E-state index contributed by atoms with van der Waals surface area (Å²) >= 11 is 0. The predicted molar refractivity (Wildman–Crippen MR) is 66.1 cm³/mol. The first-order valence-corrected chi connectivity index (χ1v) is 5.72. The van der Waals surface area contributed by atoms with Gasteiger partial charge in [-0.15, -0.1) is 0 Å². The zero-order chi connectivity index (χ0) is 13.7. The van der Waals surface area contributed by atoms with E-state index in [4.69, 9.17) is 9.47 Å². The number of ether oxygens (including phenoxy) is 2. The monoisotopic (exact) mass is 255 g/mol. The molecule has 0 aliphatic carbocycles. The van der Waals surface area contributed by atoms with Crippen molar-refractivity contribution in [3.63, 3.8) is 0 Å². The summed E-state index contributed by atoms with van der Waals surface area (Å²) in [5.41, 5.74) is 0.249. The van der Waals surface area contributed by atoms with Gasteiger partial charge >= 0.3 is 5.69 Å². The number of aliphatic hydroxyl groups is 1. The maximum absolute atomic E-state index is 11.0. The third-order valence-corrected chi connectivity index (χ3v) is 2.53. The Labute approximate surface area is 105 Å². The van der Waals surface area contributed by atoms with Crippen LogP contribution in [-0.4, -0.2) is 23.7 Å². The average Bonchev–Trinajstić information content (AvgIpc) is 2.37. The highest BCUT2D eigenvalue weighted by atomic mass is 16.6. The lowest BCUT2D eigenvalue weighted by molar-refractivity contribution is -0.385. The van der Waals surface area contributed by atoms with Gasteiger partial charge in [-0.05, 0) is 25.0 Å². The molecule has 0 saturated carbocycles. The van der Waals surface area contributed by atoms with Crippen molar-refractivity contribution in [2.45, 2.75) is 26.4 Å². The molecule has 6 heteroatoms. The molecule has 0 bridgehead atoms. The molecule has 1 unspecified atom stereocenters. The molecular formula is C12H17NO5. The van der Waals surface area contributed by atoms with E-state index >= 15 is 0 Å². The van der Waals surface area contributed by atoms with Crippen molar-refractivity contribution >= 4 is 5.69 Å². The second-order valence-electron chi connectivity index (χ2n) is 3.69. The molecule has 0 fully saturated rings. The van der Waals surface area contributed by atoms with Gasteiger partial charge in [-0.3, -0.25) is 10.1 Å². The summed E-state index contributed by atoms with van der Waals surface area (Å²) < 4.78 is 10.3. The summed E-state index contributed by atoms with van der Waals surface area (Å²) in [6, 6.07) is 2.89. The van der Waals surface area contributed by atoms with E-state index in [1.165, 1.54) is 13.2 Å². The summed E-state index contributed by atoms with van der Waals surface area (Å²) in [7, 11) is 1.35. The Morgan fingerprint density at radius 3 is 2.56 bits per heavy atom. The molecule has 0 aliphatic heterocycles. The predicted octanol–water partition coefficient (Wildman–Crippen LogP) is 2.45. The Balaban J connectivity index is 3.38. The summed E-state index contributed by atoms with van der Waals surface area (Å²) in [6.07, 6.45) is -0.288. The molecule has 1 aromatic rings. The molecule has 1 atom stereocenters. The second-order valence-corrected chi connectivity index (χ2v) is 3.69. The molecule has 0 aromatic heterocycles. The minimum absolute atomic E-state index is 0.0777. The number of benzene rings is 1. The lowest BCUT2D eigenvalue weighted by Gasteiger charge is -2.14. The second kappa shape index (κ2) is 6.20. The van der Waals surface area contributed by atoms with Crippen molar-refractivity contribution < 1.29 is 19.5 Å². The largest absolute Gasteiger partial charge is 0.490 e. The minimum atomic E-state index is -0.756. The van der Waals surface area contributed by atoms with Crippen molar-refractivity contribution in [3.05, 3.63) is 27.8 Å². The number of rotatable bonds is 6. The molecule has 18 heavy (non-hydrogen) atoms. The minimum Gasteiger partial charge on any atom is -0.490 e. The van der Waals surface area contributed by atoms with E-state index in [-0.39, 0.29) is 17.2 Å². The number of nitro groups is 1. The van der Waals surface area contributed by atoms with E-state index in [1.54, 1.807) is 19.9 Å². The summed E-state index contributed by atoms with van der Waals surface area (Å²) in [4.78, 5) is 10.4. The first-order valence-electron chi connectivity index (χ1n) is 5.72. The number of nitrogens with zero attached hydrogens (tertiary/aromatic N) is 1. The zero-order valence-electron chi connectivity index (χ0n) is 10.7. The molecule has 0 radical (unpaired) electrons. The molecule has 0 saturated heterocycles. The maximum Gasteiger partial charge on any atom is 0.315 e. The Bertz CT molecular complexity index is 433. The van der Waals surface area contributed by atoms with Crippen LogP contribution in [0.15, 0.2) is 12.1 Å². The summed E-state index contributed by atoms with van der Waals surface area (Å²) in [5.74, 6) is 0.352. The number of aliphatic hydroxyl groups excluding tert-OH is 1. The van der Waals surface area contributed by atoms with Crippen molar-refractivity contribution in [3.8, 4) is 11.5 Å². The fourth-order valence-corrected chi connectivity index (χ4v) is 1.64. The molecule has 0 heterocycles. The molecule has 0 amide bonds. The SMILES string of the molecule is CCOc1cc(C(O)CC)cc([N+](=O)[O-])c1OC. The van der Waals surface area contributed by atoms with E-state index in [0.717, 1.165) is 0 Å². The van der Waals surface area contributed by atoms with Crippen LogP contribution in [0.2, 0.25) is 0 Å². The van der Waals surface area contributed by atoms with Crippen LogP contribution in [0.25, 0.3) is 0 Å². The fourth-order valence-electron chi connectivity index (χ4n) is 1.64. The van der Waals surface area contributed by atoms with Crippen LogP contribution in [0, 0.1) is 10.1 Å². The molecule has 100 valence electrons. The first kappa shape index (κ1) is 14.2. The van der Waals surface area contributed by atoms with Gasteiger partial charge in [0.25, 0.3) is 0 Å². The number of methoxy groups -OCH3 is 1. The van der Waals surface area contributed by atoms with Crippen molar-refractivity contribution in [1.82, 2.24) is 0 Å². The van der Waals surface area contributed by atoms with Crippen LogP contribution in [0.4, 0.5) is 5.69 Å². The smallest absolute Gasteiger partial charge is 0.315 e. The summed E-state index contributed by atoms with van der Waals surface area (Å²) in [5, 5.41) is 20.8. The normalized spacial score (nSPS) is 12.0. The van der Waals surface area contributed by atoms with Crippen molar-refractivity contribution in [2.24, 2.45) is 0 Å². The molecule has 1 aromatic carbocycles. The molecule has 0 spiro atoms. The van der Waals surface area contributed by atoms with Crippen LogP contribution >= 0.6 is 0 Å². The van der Waals surface area contributed by atoms with Crippen LogP contribution in [0.3, 0.4) is 0 Å².